The number of rotatable bonds is 7. The summed E-state index contributed by atoms with van der Waals surface area (Å²) in [5.74, 6) is -1.98. The van der Waals surface area contributed by atoms with Gasteiger partial charge in [-0.2, -0.15) is 13.2 Å². The number of aromatic nitrogens is 2. The van der Waals surface area contributed by atoms with Gasteiger partial charge in [0, 0.05) is 6.54 Å². The van der Waals surface area contributed by atoms with E-state index in [9.17, 15) is 22.8 Å². The summed E-state index contributed by atoms with van der Waals surface area (Å²) in [6, 6.07) is 6.13. The Kier molecular flexibility index (Phi) is 5.38. The fraction of sp³-hybridized carbons (Fsp3) is 0.500. The number of benzene rings is 1. The van der Waals surface area contributed by atoms with E-state index in [1.807, 2.05) is 0 Å². The lowest BCUT2D eigenvalue weighted by Gasteiger charge is -2.22. The molecule has 0 spiro atoms. The van der Waals surface area contributed by atoms with Crippen molar-refractivity contribution in [2.75, 3.05) is 19.7 Å². The summed E-state index contributed by atoms with van der Waals surface area (Å²) in [6.45, 7) is 1.36. The maximum atomic E-state index is 13.4. The van der Waals surface area contributed by atoms with Crippen molar-refractivity contribution in [3.8, 4) is 0 Å². The van der Waals surface area contributed by atoms with Gasteiger partial charge in [0.25, 0.3) is 0 Å². The number of carbonyl (C=O) groups excluding carboxylic acids is 2. The molecule has 0 unspecified atom stereocenters. The number of ether oxygens (including phenoxy) is 1. The number of alkyl halides is 3. The van der Waals surface area contributed by atoms with Crippen LogP contribution in [0.4, 0.5) is 13.2 Å². The number of imidazole rings is 1. The molecule has 146 valence electrons. The molecular formula is C18H20F3N3O3. The molecular weight excluding hydrogens is 363 g/mol. The van der Waals surface area contributed by atoms with E-state index in [0.717, 1.165) is 17.4 Å². The maximum absolute atomic E-state index is 13.4. The van der Waals surface area contributed by atoms with Crippen LogP contribution < -0.4 is 0 Å². The van der Waals surface area contributed by atoms with E-state index in [1.54, 1.807) is 19.1 Å². The first-order chi connectivity index (χ1) is 12.8. The Morgan fingerprint density at radius 2 is 2.00 bits per heavy atom. The van der Waals surface area contributed by atoms with Crippen molar-refractivity contribution < 1.29 is 27.5 Å². The Bertz CT molecular complexity index is 843. The fourth-order valence-electron chi connectivity index (χ4n) is 2.92. The van der Waals surface area contributed by atoms with Crippen LogP contribution in [0.15, 0.2) is 24.3 Å². The van der Waals surface area contributed by atoms with E-state index in [0.29, 0.717) is 6.54 Å². The summed E-state index contributed by atoms with van der Waals surface area (Å²) in [5.41, 5.74) is 0.387. The molecule has 27 heavy (non-hydrogen) atoms. The van der Waals surface area contributed by atoms with Crippen LogP contribution in [0.3, 0.4) is 0 Å². The average molecular weight is 383 g/mol. The van der Waals surface area contributed by atoms with E-state index >= 15 is 0 Å². The third-order valence-corrected chi connectivity index (χ3v) is 4.35. The lowest BCUT2D eigenvalue weighted by atomic mass is 10.3. The van der Waals surface area contributed by atoms with Crippen LogP contribution in [0, 0.1) is 5.92 Å². The molecule has 1 aromatic heterocycles. The van der Waals surface area contributed by atoms with Crippen LogP contribution in [0.1, 0.15) is 25.6 Å². The molecule has 0 radical (unpaired) electrons. The lowest BCUT2D eigenvalue weighted by Crippen LogP contribution is -2.40. The van der Waals surface area contributed by atoms with E-state index in [4.69, 9.17) is 4.74 Å². The number of fused-ring (bicyclic) bond motifs is 1. The summed E-state index contributed by atoms with van der Waals surface area (Å²) in [4.78, 5) is 29.4. The summed E-state index contributed by atoms with van der Waals surface area (Å²) < 4.78 is 45.9. The molecule has 9 heteroatoms. The molecule has 3 rings (SSSR count). The Hall–Kier alpha value is -2.58. The van der Waals surface area contributed by atoms with Crippen molar-refractivity contribution in [2.45, 2.75) is 32.5 Å². The fourth-order valence-corrected chi connectivity index (χ4v) is 2.92. The molecule has 0 atom stereocenters. The Labute approximate surface area is 153 Å². The highest BCUT2D eigenvalue weighted by Crippen LogP contribution is 2.32. The van der Waals surface area contributed by atoms with E-state index in [-0.39, 0.29) is 30.1 Å². The zero-order chi connectivity index (χ0) is 19.6. The summed E-state index contributed by atoms with van der Waals surface area (Å²) in [7, 11) is 0. The third-order valence-electron chi connectivity index (χ3n) is 4.35. The monoisotopic (exact) mass is 383 g/mol. The molecule has 1 aliphatic rings. The van der Waals surface area contributed by atoms with Gasteiger partial charge >= 0.3 is 12.1 Å². The first kappa shape index (κ1) is 19.2. The second-order valence-corrected chi connectivity index (χ2v) is 6.53. The Balaban J connectivity index is 1.87. The first-order valence-electron chi connectivity index (χ1n) is 8.75. The normalized spacial score (nSPS) is 14.4. The second kappa shape index (κ2) is 7.58. The van der Waals surface area contributed by atoms with Crippen LogP contribution in [0.25, 0.3) is 11.0 Å². The van der Waals surface area contributed by atoms with Gasteiger partial charge in [0.2, 0.25) is 11.7 Å². The molecule has 1 saturated carbocycles. The number of nitrogens with zero attached hydrogens (tertiary/aromatic N) is 3. The molecule has 1 amide bonds. The van der Waals surface area contributed by atoms with Crippen molar-refractivity contribution in [1.82, 2.24) is 14.5 Å². The van der Waals surface area contributed by atoms with Crippen LogP contribution in [0.2, 0.25) is 0 Å². The largest absolute Gasteiger partial charge is 0.465 e. The van der Waals surface area contributed by atoms with Crippen molar-refractivity contribution in [3.63, 3.8) is 0 Å². The SMILES string of the molecule is CCOC(=O)CN(CC1CC1)C(=O)Cn1c(C(F)(F)F)nc2ccccc21. The number of hydrogen-bond acceptors (Lipinski definition) is 4. The van der Waals surface area contributed by atoms with Gasteiger partial charge in [0.15, 0.2) is 0 Å². The van der Waals surface area contributed by atoms with Gasteiger partial charge < -0.3 is 14.2 Å². The minimum Gasteiger partial charge on any atom is -0.465 e. The number of para-hydroxylation sites is 2. The third kappa shape index (κ3) is 4.58. The summed E-state index contributed by atoms with van der Waals surface area (Å²) >= 11 is 0. The molecule has 0 N–H and O–H groups in total. The zero-order valence-corrected chi connectivity index (χ0v) is 14.8. The quantitative estimate of drug-likeness (QED) is 0.690. The van der Waals surface area contributed by atoms with Crippen LogP contribution in [-0.2, 0) is 27.0 Å². The number of halogens is 3. The van der Waals surface area contributed by atoms with E-state index in [1.165, 1.54) is 17.0 Å². The van der Waals surface area contributed by atoms with Crippen molar-refractivity contribution in [3.05, 3.63) is 30.1 Å². The highest BCUT2D eigenvalue weighted by Gasteiger charge is 2.38. The van der Waals surface area contributed by atoms with Crippen LogP contribution in [-0.4, -0.2) is 46.0 Å². The standard InChI is InChI=1S/C18H20F3N3O3/c1-2-27-16(26)11-23(9-12-7-8-12)15(25)10-24-14-6-4-3-5-13(14)22-17(24)18(19,20)21/h3-6,12H,2,7-11H2,1H3. The van der Waals surface area contributed by atoms with Gasteiger partial charge in [-0.1, -0.05) is 12.1 Å². The lowest BCUT2D eigenvalue weighted by molar-refractivity contribution is -0.151. The molecule has 1 heterocycles. The molecule has 2 aromatic rings. The minimum absolute atomic E-state index is 0.164. The molecule has 0 bridgehead atoms. The average Bonchev–Trinajstić information content (AvgIpc) is 3.33. The number of esters is 1. The Morgan fingerprint density at radius 1 is 1.30 bits per heavy atom. The highest BCUT2D eigenvalue weighted by atomic mass is 19.4. The Morgan fingerprint density at radius 3 is 2.63 bits per heavy atom. The van der Waals surface area contributed by atoms with Crippen LogP contribution >= 0.6 is 0 Å². The molecule has 6 nitrogen and oxygen atoms in total. The summed E-state index contributed by atoms with van der Waals surface area (Å²) in [6.07, 6.45) is -2.81. The van der Waals surface area contributed by atoms with Gasteiger partial charge in [-0.25, -0.2) is 4.98 Å². The minimum atomic E-state index is -4.69. The van der Waals surface area contributed by atoms with Crippen molar-refractivity contribution in [1.29, 1.82) is 0 Å². The smallest absolute Gasteiger partial charge is 0.449 e. The van der Waals surface area contributed by atoms with Gasteiger partial charge in [-0.05, 0) is 37.8 Å². The van der Waals surface area contributed by atoms with Crippen molar-refractivity contribution in [2.24, 2.45) is 5.92 Å². The van der Waals surface area contributed by atoms with Crippen LogP contribution in [0.5, 0.6) is 0 Å². The van der Waals surface area contributed by atoms with Gasteiger partial charge in [0.1, 0.15) is 13.1 Å². The molecule has 1 fully saturated rings. The molecule has 0 aliphatic heterocycles. The second-order valence-electron chi connectivity index (χ2n) is 6.53. The zero-order valence-electron chi connectivity index (χ0n) is 14.8. The van der Waals surface area contributed by atoms with E-state index < -0.39 is 30.4 Å². The predicted octanol–water partition coefficient (Wildman–Crippen LogP) is 2.86. The number of hydrogen-bond donors (Lipinski definition) is 0. The maximum Gasteiger partial charge on any atom is 0.449 e. The highest BCUT2D eigenvalue weighted by molar-refractivity contribution is 5.84. The molecule has 0 saturated heterocycles. The predicted molar refractivity (Wildman–Crippen MR) is 90.7 cm³/mol. The van der Waals surface area contributed by atoms with Gasteiger partial charge in [-0.3, -0.25) is 9.59 Å². The van der Waals surface area contributed by atoms with Crippen molar-refractivity contribution >= 4 is 22.9 Å². The number of carbonyl (C=O) groups is 2. The van der Waals surface area contributed by atoms with Gasteiger partial charge in [0.05, 0.1) is 17.6 Å². The topological polar surface area (TPSA) is 64.4 Å². The van der Waals surface area contributed by atoms with E-state index in [2.05, 4.69) is 4.98 Å². The van der Waals surface area contributed by atoms with Gasteiger partial charge in [-0.15, -0.1) is 0 Å². The first-order valence-corrected chi connectivity index (χ1v) is 8.75. The number of amides is 1. The molecule has 1 aliphatic carbocycles. The summed E-state index contributed by atoms with van der Waals surface area (Å²) in [5, 5.41) is 0. The molecule has 1 aromatic carbocycles.